The quantitative estimate of drug-likeness (QED) is 0.413. The monoisotopic (exact) mass is 526 g/mol. The molecule has 0 radical (unpaired) electrons. The normalized spacial score (nSPS) is 18.9. The number of benzene rings is 1. The molecular weight excluding hydrogens is 496 g/mol. The number of amides is 1. The zero-order valence-electron chi connectivity index (χ0n) is 21.2. The van der Waals surface area contributed by atoms with Gasteiger partial charge in [-0.2, -0.15) is 15.0 Å². The number of aromatic nitrogens is 4. The number of carbonyl (C=O) groups excluding carboxylic acids is 1. The first kappa shape index (κ1) is 25.3. The second-order valence-electron chi connectivity index (χ2n) is 9.77. The molecule has 1 aromatic carbocycles. The molecule has 0 bridgehead atoms. The van der Waals surface area contributed by atoms with E-state index in [2.05, 4.69) is 25.3 Å². The first-order valence-corrected chi connectivity index (χ1v) is 13.1. The fraction of sp³-hybridized carbons (Fsp3) is 0.500. The van der Waals surface area contributed by atoms with Crippen LogP contribution in [0.4, 0.5) is 16.7 Å². The van der Waals surface area contributed by atoms with Crippen molar-refractivity contribution in [3.63, 3.8) is 0 Å². The zero-order valence-corrected chi connectivity index (χ0v) is 22.0. The molecule has 37 heavy (non-hydrogen) atoms. The molecular formula is C26H31ClN6O4. The number of nitrogens with zero attached hydrogens (tertiary/aromatic N) is 4. The Morgan fingerprint density at radius 1 is 1.22 bits per heavy atom. The maximum atomic E-state index is 13.0. The lowest BCUT2D eigenvalue weighted by molar-refractivity contribution is 0.178. The molecule has 3 heterocycles. The number of pyridine rings is 1. The SMILES string of the molecule is CC[C@H]1COC(=O)N1c1nc(C)nc(N[C@@H](C)c2cc3cc(Cl)c(OCC4CCCC4)cc3[nH]c2=O)n1. The second-order valence-corrected chi connectivity index (χ2v) is 10.2. The van der Waals surface area contributed by atoms with Crippen molar-refractivity contribution in [1.82, 2.24) is 19.9 Å². The van der Waals surface area contributed by atoms with Gasteiger partial charge in [-0.05, 0) is 51.2 Å². The standard InChI is InChI=1S/C26H31ClN6O4/c1-4-18-13-37-26(35)33(18)25-30-15(3)29-24(32-25)28-14(2)19-9-17-10-20(27)22(11-21(17)31-23(19)34)36-12-16-7-5-6-8-16/h9-11,14,16,18H,4-8,12-13H2,1-3H3,(H,31,34)(H,28,29,30,32)/t14-,18-/m0/s1. The Hall–Kier alpha value is -3.40. The maximum Gasteiger partial charge on any atom is 0.417 e. The highest BCUT2D eigenvalue weighted by atomic mass is 35.5. The summed E-state index contributed by atoms with van der Waals surface area (Å²) >= 11 is 6.52. The summed E-state index contributed by atoms with van der Waals surface area (Å²) in [5, 5.41) is 4.47. The number of fused-ring (bicyclic) bond motifs is 1. The van der Waals surface area contributed by atoms with Gasteiger partial charge in [-0.25, -0.2) is 9.69 Å². The number of hydrogen-bond acceptors (Lipinski definition) is 8. The van der Waals surface area contributed by atoms with Crippen LogP contribution in [-0.4, -0.2) is 45.3 Å². The highest BCUT2D eigenvalue weighted by molar-refractivity contribution is 6.32. The molecule has 11 heteroatoms. The number of hydrogen-bond donors (Lipinski definition) is 2. The van der Waals surface area contributed by atoms with E-state index < -0.39 is 12.1 Å². The number of aromatic amines is 1. The predicted octanol–water partition coefficient (Wildman–Crippen LogP) is 5.15. The van der Waals surface area contributed by atoms with E-state index in [9.17, 15) is 9.59 Å². The van der Waals surface area contributed by atoms with E-state index in [4.69, 9.17) is 21.1 Å². The van der Waals surface area contributed by atoms with Gasteiger partial charge in [0, 0.05) is 17.0 Å². The molecule has 2 N–H and O–H groups in total. The summed E-state index contributed by atoms with van der Waals surface area (Å²) in [6.45, 7) is 6.46. The Labute approximate surface area is 219 Å². The van der Waals surface area contributed by atoms with E-state index in [1.54, 1.807) is 19.1 Å². The number of aryl methyl sites for hydroxylation is 1. The van der Waals surface area contributed by atoms with Gasteiger partial charge >= 0.3 is 6.09 Å². The lowest BCUT2D eigenvalue weighted by atomic mass is 10.1. The largest absolute Gasteiger partial charge is 0.492 e. The van der Waals surface area contributed by atoms with E-state index in [0.29, 0.717) is 53.2 Å². The summed E-state index contributed by atoms with van der Waals surface area (Å²) in [5.74, 6) is 2.07. The van der Waals surface area contributed by atoms with Crippen molar-refractivity contribution in [2.75, 3.05) is 23.4 Å². The third kappa shape index (κ3) is 5.34. The Bertz CT molecular complexity index is 1370. The fourth-order valence-electron chi connectivity index (χ4n) is 4.96. The van der Waals surface area contributed by atoms with E-state index in [1.165, 1.54) is 30.6 Å². The van der Waals surface area contributed by atoms with Crippen molar-refractivity contribution in [2.45, 2.75) is 65.0 Å². The van der Waals surface area contributed by atoms with E-state index >= 15 is 0 Å². The van der Waals surface area contributed by atoms with Gasteiger partial charge in [-0.3, -0.25) is 4.79 Å². The van der Waals surface area contributed by atoms with Gasteiger partial charge in [-0.15, -0.1) is 0 Å². The molecule has 1 amide bonds. The summed E-state index contributed by atoms with van der Waals surface area (Å²) < 4.78 is 11.2. The number of H-pyrrole nitrogens is 1. The summed E-state index contributed by atoms with van der Waals surface area (Å²) in [6.07, 6.45) is 5.08. The van der Waals surface area contributed by atoms with Gasteiger partial charge in [0.1, 0.15) is 18.2 Å². The van der Waals surface area contributed by atoms with Crippen LogP contribution in [0.5, 0.6) is 5.75 Å². The van der Waals surface area contributed by atoms with Crippen molar-refractivity contribution < 1.29 is 14.3 Å². The van der Waals surface area contributed by atoms with Crippen LogP contribution in [0, 0.1) is 12.8 Å². The summed E-state index contributed by atoms with van der Waals surface area (Å²) in [6, 6.07) is 4.82. The van der Waals surface area contributed by atoms with Gasteiger partial charge < -0.3 is 19.8 Å². The van der Waals surface area contributed by atoms with Crippen molar-refractivity contribution in [1.29, 1.82) is 0 Å². The number of rotatable bonds is 8. The Kier molecular flexibility index (Phi) is 7.19. The van der Waals surface area contributed by atoms with E-state index in [1.807, 2.05) is 19.9 Å². The molecule has 196 valence electrons. The van der Waals surface area contributed by atoms with Crippen molar-refractivity contribution in [3.05, 3.63) is 45.0 Å². The molecule has 5 rings (SSSR count). The van der Waals surface area contributed by atoms with Crippen LogP contribution in [-0.2, 0) is 4.74 Å². The molecule has 1 aliphatic heterocycles. The van der Waals surface area contributed by atoms with Crippen LogP contribution in [0.15, 0.2) is 23.0 Å². The lowest BCUT2D eigenvalue weighted by Gasteiger charge is -2.20. The van der Waals surface area contributed by atoms with E-state index in [-0.39, 0.29) is 23.5 Å². The third-order valence-electron chi connectivity index (χ3n) is 7.07. The molecule has 2 aliphatic rings. The second kappa shape index (κ2) is 10.5. The highest BCUT2D eigenvalue weighted by Gasteiger charge is 2.35. The molecule has 1 saturated carbocycles. The first-order valence-electron chi connectivity index (χ1n) is 12.8. The van der Waals surface area contributed by atoms with Gasteiger partial charge in [0.15, 0.2) is 0 Å². The summed E-state index contributed by atoms with van der Waals surface area (Å²) in [5.41, 5.74) is 0.912. The predicted molar refractivity (Wildman–Crippen MR) is 142 cm³/mol. The van der Waals surface area contributed by atoms with Crippen LogP contribution in [0.25, 0.3) is 10.9 Å². The lowest BCUT2D eigenvalue weighted by Crippen LogP contribution is -2.35. The Morgan fingerprint density at radius 3 is 2.76 bits per heavy atom. The van der Waals surface area contributed by atoms with Crippen LogP contribution in [0.1, 0.15) is 63.4 Å². The van der Waals surface area contributed by atoms with Gasteiger partial charge in [-0.1, -0.05) is 31.4 Å². The van der Waals surface area contributed by atoms with Crippen LogP contribution in [0.3, 0.4) is 0 Å². The van der Waals surface area contributed by atoms with Crippen LogP contribution >= 0.6 is 11.6 Å². The van der Waals surface area contributed by atoms with Gasteiger partial charge in [0.05, 0.1) is 29.2 Å². The molecule has 0 unspecified atom stereocenters. The number of anilines is 2. The Morgan fingerprint density at radius 2 is 2.00 bits per heavy atom. The molecule has 1 saturated heterocycles. The average molecular weight is 527 g/mol. The molecule has 10 nitrogen and oxygen atoms in total. The van der Waals surface area contributed by atoms with E-state index in [0.717, 1.165) is 5.39 Å². The summed E-state index contributed by atoms with van der Waals surface area (Å²) in [7, 11) is 0. The zero-order chi connectivity index (χ0) is 26.1. The van der Waals surface area contributed by atoms with Gasteiger partial charge in [0.25, 0.3) is 5.56 Å². The highest BCUT2D eigenvalue weighted by Crippen LogP contribution is 2.32. The topological polar surface area (TPSA) is 122 Å². The molecule has 3 aromatic rings. The molecule has 0 spiro atoms. The minimum absolute atomic E-state index is 0.139. The number of carbonyl (C=O) groups is 1. The minimum Gasteiger partial charge on any atom is -0.492 e. The number of nitrogens with one attached hydrogen (secondary N) is 2. The number of ether oxygens (including phenoxy) is 2. The average Bonchev–Trinajstić information content (AvgIpc) is 3.51. The van der Waals surface area contributed by atoms with Crippen LogP contribution < -0.4 is 20.5 Å². The van der Waals surface area contributed by atoms with Crippen LogP contribution in [0.2, 0.25) is 5.02 Å². The molecule has 2 aromatic heterocycles. The number of cyclic esters (lactones) is 1. The van der Waals surface area contributed by atoms with Crippen molar-refractivity contribution >= 4 is 40.5 Å². The molecule has 1 aliphatic carbocycles. The smallest absolute Gasteiger partial charge is 0.417 e. The van der Waals surface area contributed by atoms with Crippen molar-refractivity contribution in [3.8, 4) is 5.75 Å². The van der Waals surface area contributed by atoms with Crippen molar-refractivity contribution in [2.24, 2.45) is 5.92 Å². The molecule has 2 atom stereocenters. The number of halogens is 1. The Balaban J connectivity index is 1.37. The molecule has 2 fully saturated rings. The minimum atomic E-state index is -0.481. The van der Waals surface area contributed by atoms with Gasteiger partial charge in [0.2, 0.25) is 11.9 Å². The first-order chi connectivity index (χ1) is 17.8. The fourth-order valence-corrected chi connectivity index (χ4v) is 5.18. The third-order valence-corrected chi connectivity index (χ3v) is 7.37. The summed E-state index contributed by atoms with van der Waals surface area (Å²) in [4.78, 5) is 42.8. The maximum absolute atomic E-state index is 13.0.